The van der Waals surface area contributed by atoms with E-state index in [1.807, 2.05) is 0 Å². The smallest absolute Gasteiger partial charge is 0.330 e. The van der Waals surface area contributed by atoms with Crippen LogP contribution in [0, 0.1) is 41.5 Å². The lowest BCUT2D eigenvalue weighted by molar-refractivity contribution is -0.139. The Morgan fingerprint density at radius 1 is 0.589 bits per heavy atom. The summed E-state index contributed by atoms with van der Waals surface area (Å²) >= 11 is 0. The van der Waals surface area contributed by atoms with Gasteiger partial charge >= 0.3 is 35.6 Å². The Balaban J connectivity index is 2.05. The van der Waals surface area contributed by atoms with Crippen LogP contribution in [0.2, 0.25) is 0 Å². The minimum absolute atomic E-state index is 0.0713. The van der Waals surface area contributed by atoms with Gasteiger partial charge in [0.05, 0.1) is 13.1 Å². The van der Waals surface area contributed by atoms with Crippen LogP contribution in [-0.2, 0) is 42.8 Å². The maximum Gasteiger partial charge on any atom is 0.330 e. The number of nitrogens with one attached hydrogen (secondary N) is 4. The summed E-state index contributed by atoms with van der Waals surface area (Å²) in [6.07, 6.45) is 1.89. The summed E-state index contributed by atoms with van der Waals surface area (Å²) in [7, 11) is -4.80. The van der Waals surface area contributed by atoms with Crippen molar-refractivity contribution in [3.8, 4) is 0 Å². The van der Waals surface area contributed by atoms with Gasteiger partial charge in [-0.3, -0.25) is 28.8 Å². The molecule has 4 N–H and O–H groups in total. The SMILES string of the molecule is C=CC(=O)OCCNC(=O)C(=O)Nc1c(C)cc(C)c(C(=O)P(=O)(C(=O)c2c(C)cc(C)c(NC(=O)C(=O)NCCOC(=O)C=C)c2C)c2ccccc2)c1C. The number of rotatable bonds is 15. The first-order valence-electron chi connectivity index (χ1n) is 17.1. The molecule has 0 aromatic heterocycles. The second-order valence-corrected chi connectivity index (χ2v) is 15.0. The Kier molecular flexibility index (Phi) is 15.1. The molecule has 0 saturated carbocycles. The lowest BCUT2D eigenvalue weighted by Crippen LogP contribution is -2.37. The van der Waals surface area contributed by atoms with E-state index in [9.17, 15) is 38.4 Å². The summed E-state index contributed by atoms with van der Waals surface area (Å²) in [5.74, 6) is -5.72. The standard InChI is InChI=1S/C40H43N4O11P/c1-9-29(45)54-18-16-41-35(47)37(49)43-33-24(5)20-22(3)31(26(33)7)39(51)56(53,28-14-12-11-13-15-28)40(52)32-23(4)21-25(6)34(27(32)8)44-38(50)36(48)42-17-19-55-30(46)10-2/h9-15,20-21H,1-2,16-19H2,3-8H3,(H,41,47)(H,42,48)(H,43,49)(H,44,50). The minimum Gasteiger partial charge on any atom is -0.461 e. The van der Waals surface area contributed by atoms with Gasteiger partial charge in [0.2, 0.25) is 18.2 Å². The van der Waals surface area contributed by atoms with Crippen molar-refractivity contribution in [1.82, 2.24) is 10.6 Å². The van der Waals surface area contributed by atoms with Crippen LogP contribution in [0.4, 0.5) is 11.4 Å². The fraction of sp³-hybridized carbons (Fsp3) is 0.250. The fourth-order valence-electron chi connectivity index (χ4n) is 5.94. The van der Waals surface area contributed by atoms with E-state index in [1.165, 1.54) is 38.1 Å². The first-order chi connectivity index (χ1) is 26.4. The molecule has 3 aromatic carbocycles. The van der Waals surface area contributed by atoms with Crippen LogP contribution in [-0.4, -0.2) is 72.9 Å². The molecule has 4 amide bonds. The van der Waals surface area contributed by atoms with Gasteiger partial charge in [-0.15, -0.1) is 0 Å². The molecule has 3 aromatic rings. The largest absolute Gasteiger partial charge is 0.461 e. The molecule has 0 fully saturated rings. The van der Waals surface area contributed by atoms with Crippen molar-refractivity contribution < 1.29 is 52.4 Å². The molecule has 0 aliphatic rings. The number of carbonyl (C=O) groups is 8. The van der Waals surface area contributed by atoms with E-state index in [0.29, 0.717) is 22.3 Å². The van der Waals surface area contributed by atoms with E-state index in [4.69, 9.17) is 9.47 Å². The molecule has 0 unspecified atom stereocenters. The third-order valence-corrected chi connectivity index (χ3v) is 11.2. The summed E-state index contributed by atoms with van der Waals surface area (Å²) in [5.41, 5.74) is -0.235. The highest BCUT2D eigenvalue weighted by Gasteiger charge is 2.45. The normalized spacial score (nSPS) is 10.7. The number of esters is 2. The van der Waals surface area contributed by atoms with Crippen LogP contribution in [0.25, 0.3) is 0 Å². The van der Waals surface area contributed by atoms with Gasteiger partial charge < -0.3 is 35.3 Å². The number of anilines is 2. The Hall–Kier alpha value is -6.47. The molecule has 0 heterocycles. The lowest BCUT2D eigenvalue weighted by atomic mass is 9.97. The zero-order valence-electron chi connectivity index (χ0n) is 31.9. The Bertz CT molecular complexity index is 2060. The molecule has 0 spiro atoms. The van der Waals surface area contributed by atoms with Crippen molar-refractivity contribution >= 4 is 70.4 Å². The third kappa shape index (κ3) is 9.98. The molecule has 56 heavy (non-hydrogen) atoms. The van der Waals surface area contributed by atoms with Crippen LogP contribution in [0.1, 0.15) is 54.1 Å². The van der Waals surface area contributed by atoms with Crippen LogP contribution in [0.15, 0.2) is 67.8 Å². The molecule has 3 rings (SSSR count). The van der Waals surface area contributed by atoms with Crippen molar-refractivity contribution in [3.05, 3.63) is 112 Å². The summed E-state index contributed by atoms with van der Waals surface area (Å²) in [5, 5.41) is 9.55. The predicted octanol–water partition coefficient (Wildman–Crippen LogP) is 3.77. The van der Waals surface area contributed by atoms with Crippen molar-refractivity contribution in [3.63, 3.8) is 0 Å². The highest BCUT2D eigenvalue weighted by Crippen LogP contribution is 2.53. The van der Waals surface area contributed by atoms with E-state index >= 15 is 4.57 Å². The number of benzene rings is 3. The molecule has 0 bridgehead atoms. The van der Waals surface area contributed by atoms with Gasteiger partial charge in [0, 0.05) is 40.0 Å². The van der Waals surface area contributed by atoms with Crippen molar-refractivity contribution in [2.45, 2.75) is 41.5 Å². The van der Waals surface area contributed by atoms with E-state index in [1.54, 1.807) is 45.9 Å². The molecule has 294 valence electrons. The van der Waals surface area contributed by atoms with Gasteiger partial charge in [0.15, 0.2) is 0 Å². The Labute approximate surface area is 323 Å². The topological polar surface area (TPSA) is 220 Å². The predicted molar refractivity (Wildman–Crippen MR) is 209 cm³/mol. The molecule has 15 nitrogen and oxygen atoms in total. The monoisotopic (exact) mass is 786 g/mol. The van der Waals surface area contributed by atoms with Crippen LogP contribution in [0.3, 0.4) is 0 Å². The number of ether oxygens (including phenoxy) is 2. The van der Waals surface area contributed by atoms with Crippen LogP contribution in [0.5, 0.6) is 0 Å². The first kappa shape index (κ1) is 43.9. The molecule has 0 radical (unpaired) electrons. The van der Waals surface area contributed by atoms with Gasteiger partial charge in [-0.05, 0) is 74.9 Å². The maximum atomic E-state index is 15.4. The Morgan fingerprint density at radius 3 is 1.32 bits per heavy atom. The average Bonchev–Trinajstić information content (AvgIpc) is 3.17. The van der Waals surface area contributed by atoms with Gasteiger partial charge in [-0.25, -0.2) is 9.59 Å². The van der Waals surface area contributed by atoms with Gasteiger partial charge in [0.1, 0.15) is 13.2 Å². The third-order valence-electron chi connectivity index (χ3n) is 8.55. The molecule has 0 aliphatic carbocycles. The minimum atomic E-state index is -4.80. The number of hydrogen-bond acceptors (Lipinski definition) is 11. The van der Waals surface area contributed by atoms with Gasteiger partial charge in [0.25, 0.3) is 0 Å². The second kappa shape index (κ2) is 19.2. The van der Waals surface area contributed by atoms with E-state index in [2.05, 4.69) is 34.4 Å². The molecule has 0 saturated heterocycles. The summed E-state index contributed by atoms with van der Waals surface area (Å²) < 4.78 is 25.0. The molecule has 0 aliphatic heterocycles. The molecule has 16 heteroatoms. The van der Waals surface area contributed by atoms with E-state index in [-0.39, 0.29) is 65.2 Å². The molecular formula is C40H43N4O11P. The van der Waals surface area contributed by atoms with Crippen LogP contribution < -0.4 is 26.6 Å². The molecule has 0 atom stereocenters. The molecular weight excluding hydrogens is 743 g/mol. The zero-order chi connectivity index (χ0) is 41.9. The Morgan fingerprint density at radius 2 is 0.964 bits per heavy atom. The lowest BCUT2D eigenvalue weighted by Gasteiger charge is -2.24. The quantitative estimate of drug-likeness (QED) is 0.0571. The zero-order valence-corrected chi connectivity index (χ0v) is 32.8. The van der Waals surface area contributed by atoms with Crippen molar-refractivity contribution in [1.29, 1.82) is 0 Å². The van der Waals surface area contributed by atoms with Gasteiger partial charge in [-0.1, -0.05) is 55.6 Å². The van der Waals surface area contributed by atoms with E-state index in [0.717, 1.165) is 12.2 Å². The summed E-state index contributed by atoms with van der Waals surface area (Å²) in [4.78, 5) is 103. The van der Waals surface area contributed by atoms with E-state index < -0.39 is 53.8 Å². The average molecular weight is 787 g/mol. The van der Waals surface area contributed by atoms with Crippen molar-refractivity contribution in [2.24, 2.45) is 0 Å². The summed E-state index contributed by atoms with van der Waals surface area (Å²) in [6.45, 7) is 15.2. The van der Waals surface area contributed by atoms with Crippen LogP contribution >= 0.6 is 7.14 Å². The number of aryl methyl sites for hydroxylation is 4. The van der Waals surface area contributed by atoms with Crippen molar-refractivity contribution in [2.75, 3.05) is 36.9 Å². The fourth-order valence-corrected chi connectivity index (χ4v) is 8.51. The number of amides is 4. The van der Waals surface area contributed by atoms with Gasteiger partial charge in [-0.2, -0.15) is 0 Å². The summed E-state index contributed by atoms with van der Waals surface area (Å²) in [6, 6.07) is 10.6. The number of carbonyl (C=O) groups excluding carboxylic acids is 8. The second-order valence-electron chi connectivity index (χ2n) is 12.5. The number of hydrogen-bond donors (Lipinski definition) is 4. The first-order valence-corrected chi connectivity index (χ1v) is 18.8. The highest BCUT2D eigenvalue weighted by molar-refractivity contribution is 8.01. The maximum absolute atomic E-state index is 15.4. The highest BCUT2D eigenvalue weighted by atomic mass is 31.2.